The number of carbonyl (C=O) groups excluding carboxylic acids is 2. The maximum atomic E-state index is 13.4. The number of carbonyl (C=O) groups is 2. The number of esters is 1. The van der Waals surface area contributed by atoms with E-state index >= 15 is 0 Å². The number of nitrogens with zero attached hydrogens (tertiary/aromatic N) is 2. The molecule has 1 amide bonds. The van der Waals surface area contributed by atoms with Crippen molar-refractivity contribution in [1.82, 2.24) is 0 Å². The second kappa shape index (κ2) is 7.64. The van der Waals surface area contributed by atoms with E-state index in [-0.39, 0.29) is 36.7 Å². The fourth-order valence-corrected chi connectivity index (χ4v) is 3.59. The van der Waals surface area contributed by atoms with Crippen LogP contribution in [0.1, 0.15) is 44.1 Å². The molecule has 25 heavy (non-hydrogen) atoms. The molecule has 0 unspecified atom stereocenters. The summed E-state index contributed by atoms with van der Waals surface area (Å²) in [6.45, 7) is 0.209. The van der Waals surface area contributed by atoms with Crippen molar-refractivity contribution in [3.63, 3.8) is 0 Å². The number of aryl methyl sites for hydroxylation is 1. The number of benzene rings is 1. The zero-order valence-corrected chi connectivity index (χ0v) is 14.0. The van der Waals surface area contributed by atoms with Crippen LogP contribution < -0.4 is 4.90 Å². The first-order valence-corrected chi connectivity index (χ1v) is 8.76. The minimum absolute atomic E-state index is 0.0667. The normalized spacial score (nSPS) is 22.9. The number of fused-ring (bicyclic) bond motifs is 1. The van der Waals surface area contributed by atoms with E-state index in [4.69, 9.17) is 10.00 Å². The van der Waals surface area contributed by atoms with Gasteiger partial charge in [-0.3, -0.25) is 9.59 Å². The first kappa shape index (κ1) is 17.4. The first-order valence-electron chi connectivity index (χ1n) is 8.76. The van der Waals surface area contributed by atoms with Gasteiger partial charge in [0.2, 0.25) is 5.91 Å². The summed E-state index contributed by atoms with van der Waals surface area (Å²) in [5.41, 5.74) is 1.45. The lowest BCUT2D eigenvalue weighted by molar-refractivity contribution is -0.152. The van der Waals surface area contributed by atoms with E-state index in [1.807, 2.05) is 0 Å². The summed E-state index contributed by atoms with van der Waals surface area (Å²) in [4.78, 5) is 25.9. The quantitative estimate of drug-likeness (QED) is 0.787. The second-order valence-electron chi connectivity index (χ2n) is 6.62. The minimum Gasteiger partial charge on any atom is -0.461 e. The highest BCUT2D eigenvalue weighted by Gasteiger charge is 2.29. The van der Waals surface area contributed by atoms with E-state index in [1.165, 1.54) is 17.0 Å². The topological polar surface area (TPSA) is 70.4 Å². The zero-order chi connectivity index (χ0) is 17.8. The van der Waals surface area contributed by atoms with Crippen molar-refractivity contribution in [3.05, 3.63) is 29.6 Å². The lowest BCUT2D eigenvalue weighted by Crippen LogP contribution is -2.37. The van der Waals surface area contributed by atoms with E-state index in [9.17, 15) is 14.0 Å². The summed E-state index contributed by atoms with van der Waals surface area (Å²) >= 11 is 0. The fourth-order valence-electron chi connectivity index (χ4n) is 3.59. The Morgan fingerprint density at radius 1 is 1.32 bits per heavy atom. The summed E-state index contributed by atoms with van der Waals surface area (Å²) in [6.07, 6.45) is 3.97. The Morgan fingerprint density at radius 2 is 2.12 bits per heavy atom. The number of ether oxygens (including phenoxy) is 1. The Labute approximate surface area is 146 Å². The van der Waals surface area contributed by atoms with Crippen LogP contribution in [0.3, 0.4) is 0 Å². The molecule has 0 bridgehead atoms. The molecule has 1 fully saturated rings. The van der Waals surface area contributed by atoms with Crippen molar-refractivity contribution in [2.75, 3.05) is 11.4 Å². The van der Waals surface area contributed by atoms with Gasteiger partial charge in [-0.25, -0.2) is 4.39 Å². The van der Waals surface area contributed by atoms with Crippen LogP contribution >= 0.6 is 0 Å². The van der Waals surface area contributed by atoms with Crippen LogP contribution in [0, 0.1) is 23.1 Å². The molecule has 1 aliphatic heterocycles. The van der Waals surface area contributed by atoms with Gasteiger partial charge in [-0.05, 0) is 49.4 Å². The average Bonchev–Trinajstić information content (AvgIpc) is 2.61. The molecule has 0 N–H and O–H groups in total. The predicted molar refractivity (Wildman–Crippen MR) is 89.1 cm³/mol. The number of rotatable bonds is 4. The van der Waals surface area contributed by atoms with Crippen LogP contribution in [0.5, 0.6) is 0 Å². The van der Waals surface area contributed by atoms with Crippen molar-refractivity contribution in [1.29, 1.82) is 5.26 Å². The van der Waals surface area contributed by atoms with Gasteiger partial charge in [0, 0.05) is 18.7 Å². The molecule has 0 saturated heterocycles. The highest BCUT2D eigenvalue weighted by Crippen LogP contribution is 2.29. The molecule has 1 aliphatic carbocycles. The minimum atomic E-state index is -0.394. The molecule has 2 atom stereocenters. The number of amides is 1. The van der Waals surface area contributed by atoms with Crippen molar-refractivity contribution in [3.8, 4) is 6.07 Å². The Bertz CT molecular complexity index is 713. The predicted octanol–water partition coefficient (Wildman–Crippen LogP) is 3.12. The number of anilines is 1. The van der Waals surface area contributed by atoms with Crippen LogP contribution in [0.4, 0.5) is 10.1 Å². The van der Waals surface area contributed by atoms with Crippen LogP contribution in [-0.4, -0.2) is 24.5 Å². The van der Waals surface area contributed by atoms with Gasteiger partial charge in [0.1, 0.15) is 11.9 Å². The summed E-state index contributed by atoms with van der Waals surface area (Å²) in [6, 6.07) is 6.56. The van der Waals surface area contributed by atoms with E-state index < -0.39 is 5.97 Å². The molecule has 5 nitrogen and oxygen atoms in total. The third-order valence-corrected chi connectivity index (χ3v) is 4.93. The lowest BCUT2D eigenvalue weighted by atomic mass is 9.87. The maximum absolute atomic E-state index is 13.4. The molecule has 1 saturated carbocycles. The first-order chi connectivity index (χ1) is 12.1. The van der Waals surface area contributed by atoms with Gasteiger partial charge in [0.25, 0.3) is 0 Å². The number of hydrogen-bond donors (Lipinski definition) is 0. The zero-order valence-electron chi connectivity index (χ0n) is 14.0. The molecule has 0 spiro atoms. The number of halogens is 1. The molecule has 132 valence electrons. The summed E-state index contributed by atoms with van der Waals surface area (Å²) in [5, 5.41) is 9.15. The Kier molecular flexibility index (Phi) is 5.32. The third-order valence-electron chi connectivity index (χ3n) is 4.93. The SMILES string of the molecule is N#C[C@H]1CCCC[C@H]1OC(=O)CCN1C(=O)CCc2cc(F)ccc21. The van der Waals surface area contributed by atoms with E-state index in [0.29, 0.717) is 24.9 Å². The van der Waals surface area contributed by atoms with E-state index in [1.54, 1.807) is 6.07 Å². The highest BCUT2D eigenvalue weighted by atomic mass is 19.1. The van der Waals surface area contributed by atoms with E-state index in [0.717, 1.165) is 24.8 Å². The van der Waals surface area contributed by atoms with Gasteiger partial charge in [0.15, 0.2) is 0 Å². The molecule has 1 aromatic carbocycles. The Balaban J connectivity index is 1.60. The number of hydrogen-bond acceptors (Lipinski definition) is 4. The molecular formula is C19H21FN2O3. The number of nitriles is 1. The summed E-state index contributed by atoms with van der Waals surface area (Å²) < 4.78 is 18.8. The molecule has 2 aliphatic rings. The Hall–Kier alpha value is -2.42. The summed E-state index contributed by atoms with van der Waals surface area (Å²) in [7, 11) is 0. The molecule has 0 aromatic heterocycles. The van der Waals surface area contributed by atoms with Gasteiger partial charge >= 0.3 is 5.97 Å². The van der Waals surface area contributed by atoms with Crippen molar-refractivity contribution in [2.45, 2.75) is 51.0 Å². The van der Waals surface area contributed by atoms with Crippen molar-refractivity contribution >= 4 is 17.6 Å². The lowest BCUT2D eigenvalue weighted by Gasteiger charge is -2.30. The van der Waals surface area contributed by atoms with Gasteiger partial charge in [0.05, 0.1) is 18.4 Å². The fraction of sp³-hybridized carbons (Fsp3) is 0.526. The molecule has 6 heteroatoms. The van der Waals surface area contributed by atoms with Crippen LogP contribution in [-0.2, 0) is 20.7 Å². The second-order valence-corrected chi connectivity index (χ2v) is 6.62. The van der Waals surface area contributed by atoms with Gasteiger partial charge in [-0.2, -0.15) is 5.26 Å². The van der Waals surface area contributed by atoms with E-state index in [2.05, 4.69) is 6.07 Å². The van der Waals surface area contributed by atoms with Gasteiger partial charge in [-0.1, -0.05) is 6.42 Å². The highest BCUT2D eigenvalue weighted by molar-refractivity contribution is 5.96. The average molecular weight is 344 g/mol. The maximum Gasteiger partial charge on any atom is 0.307 e. The monoisotopic (exact) mass is 344 g/mol. The summed E-state index contributed by atoms with van der Waals surface area (Å²) in [5.74, 6) is -1.03. The molecule has 3 rings (SSSR count). The molecule has 1 aromatic rings. The molecular weight excluding hydrogens is 323 g/mol. The van der Waals surface area contributed by atoms with Crippen LogP contribution in [0.25, 0.3) is 0 Å². The van der Waals surface area contributed by atoms with Crippen LogP contribution in [0.2, 0.25) is 0 Å². The Morgan fingerprint density at radius 3 is 2.92 bits per heavy atom. The molecule has 0 radical (unpaired) electrons. The standard InChI is InChI=1S/C19H21FN2O3/c20-15-6-7-16-13(11-15)5-8-18(23)22(16)10-9-19(24)25-17-4-2-1-3-14(17)12-21/h6-7,11,14,17H,1-5,8-10H2/t14-,17-/m1/s1. The molecule has 1 heterocycles. The van der Waals surface area contributed by atoms with Crippen LogP contribution in [0.15, 0.2) is 18.2 Å². The third kappa shape index (κ3) is 3.98. The largest absolute Gasteiger partial charge is 0.461 e. The van der Waals surface area contributed by atoms with Gasteiger partial charge in [-0.15, -0.1) is 0 Å². The smallest absolute Gasteiger partial charge is 0.307 e. The van der Waals surface area contributed by atoms with Crippen molar-refractivity contribution in [2.24, 2.45) is 5.92 Å². The van der Waals surface area contributed by atoms with Crippen molar-refractivity contribution < 1.29 is 18.7 Å². The van der Waals surface area contributed by atoms with Gasteiger partial charge < -0.3 is 9.64 Å².